The van der Waals surface area contributed by atoms with Gasteiger partial charge in [0, 0.05) is 6.42 Å². The van der Waals surface area contributed by atoms with Crippen molar-refractivity contribution in [2.75, 3.05) is 5.32 Å². The first-order valence-corrected chi connectivity index (χ1v) is 12.6. The molecule has 1 N–H and O–H groups in total. The highest BCUT2D eigenvalue weighted by molar-refractivity contribution is 7.18. The first kappa shape index (κ1) is 25.7. The maximum absolute atomic E-state index is 11.9. The number of amides is 1. The maximum Gasteiger partial charge on any atom is 0.299 e. The number of hydrogen-bond acceptors (Lipinski definition) is 4. The molecule has 4 nitrogen and oxygen atoms in total. The maximum atomic E-state index is 11.9. The SMILES string of the molecule is CCCCCCCCCCCCCCCCCCC(=O)Nc1ccc(OC=O)s1. The molecule has 0 saturated carbocycles. The Bertz CT molecular complexity index is 530. The third kappa shape index (κ3) is 15.2. The molecule has 0 aliphatic carbocycles. The van der Waals surface area contributed by atoms with Gasteiger partial charge in [-0.05, 0) is 18.6 Å². The summed E-state index contributed by atoms with van der Waals surface area (Å²) < 4.78 is 4.75. The van der Waals surface area contributed by atoms with Crippen molar-refractivity contribution < 1.29 is 14.3 Å². The Labute approximate surface area is 181 Å². The van der Waals surface area contributed by atoms with E-state index >= 15 is 0 Å². The van der Waals surface area contributed by atoms with Crippen LogP contribution < -0.4 is 10.1 Å². The largest absolute Gasteiger partial charge is 0.418 e. The molecule has 0 bridgehead atoms. The number of carbonyl (C=O) groups is 2. The Balaban J connectivity index is 1.81. The van der Waals surface area contributed by atoms with Crippen LogP contribution in [0.5, 0.6) is 5.06 Å². The summed E-state index contributed by atoms with van der Waals surface area (Å²) in [5.74, 6) is 0.0369. The fraction of sp³-hybridized carbons (Fsp3) is 0.750. The Morgan fingerprint density at radius 1 is 0.828 bits per heavy atom. The second kappa shape index (κ2) is 18.7. The van der Waals surface area contributed by atoms with Gasteiger partial charge < -0.3 is 10.1 Å². The Hall–Kier alpha value is -1.36. The topological polar surface area (TPSA) is 55.4 Å². The lowest BCUT2D eigenvalue weighted by atomic mass is 10.0. The summed E-state index contributed by atoms with van der Waals surface area (Å²) in [4.78, 5) is 22.2. The van der Waals surface area contributed by atoms with Crippen LogP contribution in [-0.4, -0.2) is 12.4 Å². The molecule has 0 radical (unpaired) electrons. The minimum atomic E-state index is 0.0369. The van der Waals surface area contributed by atoms with Gasteiger partial charge in [0.2, 0.25) is 5.91 Å². The molecule has 5 heteroatoms. The van der Waals surface area contributed by atoms with Crippen LogP contribution in [0.1, 0.15) is 116 Å². The van der Waals surface area contributed by atoms with Crippen LogP contribution in [0.2, 0.25) is 0 Å². The lowest BCUT2D eigenvalue weighted by Crippen LogP contribution is -2.09. The minimum absolute atomic E-state index is 0.0369. The molecule has 0 unspecified atom stereocenters. The molecule has 0 aromatic carbocycles. The lowest BCUT2D eigenvalue weighted by molar-refractivity contribution is -0.120. The van der Waals surface area contributed by atoms with Crippen molar-refractivity contribution in [1.29, 1.82) is 0 Å². The number of ether oxygens (including phenoxy) is 1. The quantitative estimate of drug-likeness (QED) is 0.171. The molecule has 0 atom stereocenters. The predicted octanol–water partition coefficient (Wildman–Crippen LogP) is 7.87. The molecule has 1 aromatic heterocycles. The third-order valence-corrected chi connectivity index (χ3v) is 6.16. The number of carbonyl (C=O) groups excluding carboxylic acids is 2. The molecule has 0 aliphatic rings. The van der Waals surface area contributed by atoms with Crippen molar-refractivity contribution in [3.8, 4) is 5.06 Å². The molecule has 1 heterocycles. The molecular formula is C24H41NO3S. The molecule has 1 rings (SSSR count). The van der Waals surface area contributed by atoms with Crippen LogP contribution in [-0.2, 0) is 9.59 Å². The zero-order valence-corrected chi connectivity index (χ0v) is 19.2. The van der Waals surface area contributed by atoms with Crippen molar-refractivity contribution >= 4 is 28.7 Å². The number of anilines is 1. The first-order valence-electron chi connectivity index (χ1n) is 11.8. The van der Waals surface area contributed by atoms with Gasteiger partial charge in [-0.3, -0.25) is 9.59 Å². The van der Waals surface area contributed by atoms with Gasteiger partial charge in [-0.15, -0.1) is 0 Å². The highest BCUT2D eigenvalue weighted by atomic mass is 32.1. The van der Waals surface area contributed by atoms with Crippen molar-refractivity contribution in [3.05, 3.63) is 12.1 Å². The van der Waals surface area contributed by atoms with Gasteiger partial charge in [0.25, 0.3) is 6.47 Å². The van der Waals surface area contributed by atoms with Crippen molar-refractivity contribution in [2.24, 2.45) is 0 Å². The molecule has 0 spiro atoms. The van der Waals surface area contributed by atoms with Crippen molar-refractivity contribution in [1.82, 2.24) is 0 Å². The smallest absolute Gasteiger partial charge is 0.299 e. The van der Waals surface area contributed by atoms with Gasteiger partial charge in [0.1, 0.15) is 0 Å². The fourth-order valence-electron chi connectivity index (χ4n) is 3.53. The average Bonchev–Trinajstić information content (AvgIpc) is 3.14. The second-order valence-corrected chi connectivity index (χ2v) is 8.98. The molecule has 1 aromatic rings. The van der Waals surface area contributed by atoms with Crippen molar-refractivity contribution in [2.45, 2.75) is 116 Å². The van der Waals surface area contributed by atoms with Crippen LogP contribution in [0.25, 0.3) is 0 Å². The molecule has 1 amide bonds. The Morgan fingerprint density at radius 3 is 1.79 bits per heavy atom. The molecule has 29 heavy (non-hydrogen) atoms. The highest BCUT2D eigenvalue weighted by Gasteiger charge is 2.05. The molecular weight excluding hydrogens is 382 g/mol. The van der Waals surface area contributed by atoms with Gasteiger partial charge in [-0.2, -0.15) is 0 Å². The van der Waals surface area contributed by atoms with Gasteiger partial charge in [0.15, 0.2) is 5.06 Å². The van der Waals surface area contributed by atoms with Crippen molar-refractivity contribution in [3.63, 3.8) is 0 Å². The van der Waals surface area contributed by atoms with Crippen LogP contribution in [0.3, 0.4) is 0 Å². The minimum Gasteiger partial charge on any atom is -0.418 e. The van der Waals surface area contributed by atoms with Crippen LogP contribution in [0.4, 0.5) is 5.00 Å². The predicted molar refractivity (Wildman–Crippen MR) is 124 cm³/mol. The van der Waals surface area contributed by atoms with E-state index in [2.05, 4.69) is 12.2 Å². The van der Waals surface area contributed by atoms with E-state index in [0.717, 1.165) is 17.8 Å². The molecule has 0 saturated heterocycles. The summed E-state index contributed by atoms with van der Waals surface area (Å²) in [5.41, 5.74) is 0. The monoisotopic (exact) mass is 423 g/mol. The number of thiophene rings is 1. The van der Waals surface area contributed by atoms with Crippen LogP contribution >= 0.6 is 11.3 Å². The van der Waals surface area contributed by atoms with E-state index in [1.165, 1.54) is 101 Å². The summed E-state index contributed by atoms with van der Waals surface area (Å²) in [6, 6.07) is 3.44. The van der Waals surface area contributed by atoms with E-state index in [1.54, 1.807) is 12.1 Å². The van der Waals surface area contributed by atoms with Crippen LogP contribution in [0.15, 0.2) is 12.1 Å². The van der Waals surface area contributed by atoms with E-state index in [4.69, 9.17) is 4.74 Å². The summed E-state index contributed by atoms with van der Waals surface area (Å²) >= 11 is 1.26. The first-order chi connectivity index (χ1) is 14.3. The van der Waals surface area contributed by atoms with Gasteiger partial charge in [-0.1, -0.05) is 115 Å². The Kier molecular flexibility index (Phi) is 16.5. The molecule has 0 fully saturated rings. The fourth-order valence-corrected chi connectivity index (χ4v) is 4.27. The van der Waals surface area contributed by atoms with E-state index in [9.17, 15) is 9.59 Å². The van der Waals surface area contributed by atoms with E-state index in [-0.39, 0.29) is 5.91 Å². The van der Waals surface area contributed by atoms with Gasteiger partial charge in [-0.25, -0.2) is 0 Å². The van der Waals surface area contributed by atoms with E-state index < -0.39 is 0 Å². The zero-order valence-electron chi connectivity index (χ0n) is 18.4. The summed E-state index contributed by atoms with van der Waals surface area (Å²) in [6.45, 7) is 2.67. The zero-order chi connectivity index (χ0) is 21.0. The number of unbranched alkanes of at least 4 members (excludes halogenated alkanes) is 15. The summed E-state index contributed by atoms with van der Waals surface area (Å²) in [5, 5.41) is 4.08. The highest BCUT2D eigenvalue weighted by Crippen LogP contribution is 2.28. The molecule has 0 aliphatic heterocycles. The van der Waals surface area contributed by atoms with Gasteiger partial charge in [0.05, 0.1) is 5.00 Å². The third-order valence-electron chi connectivity index (χ3n) is 5.27. The second-order valence-electron chi connectivity index (χ2n) is 7.93. The normalized spacial score (nSPS) is 10.8. The summed E-state index contributed by atoms with van der Waals surface area (Å²) in [7, 11) is 0. The van der Waals surface area contributed by atoms with Gasteiger partial charge >= 0.3 is 0 Å². The lowest BCUT2D eigenvalue weighted by Gasteiger charge is -2.04. The summed E-state index contributed by atoms with van der Waals surface area (Å²) in [6.07, 6.45) is 21.9. The number of hydrogen-bond donors (Lipinski definition) is 1. The number of rotatable bonds is 20. The van der Waals surface area contributed by atoms with E-state index in [1.807, 2.05) is 0 Å². The Morgan fingerprint density at radius 2 is 1.31 bits per heavy atom. The standard InChI is InChI=1S/C24H41NO3S/c1-2-3-4-5-6-7-8-9-10-11-12-13-14-15-16-17-18-22(27)25-23-19-20-24(29-23)28-21-26/h19-21H,2-18H2,1H3,(H,25,27). The molecule has 166 valence electrons. The van der Waals surface area contributed by atoms with Crippen LogP contribution in [0, 0.1) is 0 Å². The average molecular weight is 424 g/mol. The van der Waals surface area contributed by atoms with E-state index in [0.29, 0.717) is 18.0 Å². The number of nitrogens with one attached hydrogen (secondary N) is 1.